The van der Waals surface area contributed by atoms with Crippen molar-refractivity contribution in [1.29, 1.82) is 0 Å². The fraction of sp³-hybridized carbons (Fsp3) is 0.400. The van der Waals surface area contributed by atoms with Gasteiger partial charge in [-0.25, -0.2) is 9.59 Å². The van der Waals surface area contributed by atoms with Gasteiger partial charge in [-0.2, -0.15) is 0 Å². The molecule has 0 aromatic carbocycles. The van der Waals surface area contributed by atoms with Crippen molar-refractivity contribution in [2.75, 3.05) is 13.2 Å². The molecule has 15 heavy (non-hydrogen) atoms. The Morgan fingerprint density at radius 2 is 1.87 bits per heavy atom. The lowest BCUT2D eigenvalue weighted by atomic mass is 10.3. The van der Waals surface area contributed by atoms with E-state index in [1.807, 2.05) is 0 Å². The zero-order valence-corrected chi connectivity index (χ0v) is 8.35. The fourth-order valence-corrected chi connectivity index (χ4v) is 0.767. The first-order valence-electron chi connectivity index (χ1n) is 4.37. The second-order valence-electron chi connectivity index (χ2n) is 2.61. The van der Waals surface area contributed by atoms with E-state index < -0.39 is 18.0 Å². The van der Waals surface area contributed by atoms with Crippen molar-refractivity contribution < 1.29 is 24.2 Å². The Hall–Kier alpha value is -1.62. The predicted octanol–water partition coefficient (Wildman–Crippen LogP) is 0.196. The van der Waals surface area contributed by atoms with Gasteiger partial charge >= 0.3 is 11.9 Å². The van der Waals surface area contributed by atoms with E-state index in [1.165, 1.54) is 0 Å². The summed E-state index contributed by atoms with van der Waals surface area (Å²) < 4.78 is 9.48. The number of esters is 2. The first-order chi connectivity index (χ1) is 7.13. The molecule has 0 radical (unpaired) electrons. The number of ether oxygens (including phenoxy) is 2. The number of carbonyl (C=O) groups excluding carboxylic acids is 2. The molecule has 1 unspecified atom stereocenters. The third kappa shape index (κ3) is 6.45. The van der Waals surface area contributed by atoms with Gasteiger partial charge in [0.1, 0.15) is 12.7 Å². The molecular weight excluding hydrogens is 200 g/mol. The van der Waals surface area contributed by atoms with Gasteiger partial charge in [-0.15, -0.1) is 0 Å². The van der Waals surface area contributed by atoms with Crippen LogP contribution in [0.2, 0.25) is 0 Å². The van der Waals surface area contributed by atoms with Crippen LogP contribution in [0.15, 0.2) is 25.3 Å². The number of rotatable bonds is 7. The molecule has 1 N–H and O–H groups in total. The second-order valence-corrected chi connectivity index (χ2v) is 2.61. The van der Waals surface area contributed by atoms with Crippen LogP contribution in [-0.4, -0.2) is 36.4 Å². The molecular formula is C10H14O5. The van der Waals surface area contributed by atoms with E-state index >= 15 is 0 Å². The zero-order valence-electron chi connectivity index (χ0n) is 8.35. The van der Waals surface area contributed by atoms with Crippen molar-refractivity contribution in [3.63, 3.8) is 0 Å². The Kier molecular flexibility index (Phi) is 6.92. The highest BCUT2D eigenvalue weighted by Gasteiger charge is 2.13. The number of hydrogen-bond donors (Lipinski definition) is 1. The van der Waals surface area contributed by atoms with E-state index in [0.29, 0.717) is 0 Å². The summed E-state index contributed by atoms with van der Waals surface area (Å²) in [6.45, 7) is 6.17. The smallest absolute Gasteiger partial charge is 0.330 e. The quantitative estimate of drug-likeness (QED) is 0.484. The monoisotopic (exact) mass is 214 g/mol. The number of aliphatic hydroxyl groups excluding tert-OH is 1. The molecule has 0 bridgehead atoms. The van der Waals surface area contributed by atoms with E-state index in [2.05, 4.69) is 17.9 Å². The predicted molar refractivity (Wildman–Crippen MR) is 52.9 cm³/mol. The third-order valence-electron chi connectivity index (χ3n) is 1.48. The van der Waals surface area contributed by atoms with Crippen molar-refractivity contribution >= 4 is 11.9 Å². The average Bonchev–Trinajstić information content (AvgIpc) is 2.25. The number of carbonyl (C=O) groups is 2. The second kappa shape index (κ2) is 7.75. The molecule has 84 valence electrons. The molecule has 0 fully saturated rings. The Bertz CT molecular complexity index is 246. The minimum atomic E-state index is -0.663. The highest BCUT2D eigenvalue weighted by atomic mass is 16.6. The van der Waals surface area contributed by atoms with Gasteiger partial charge in [-0.3, -0.25) is 0 Å². The summed E-state index contributed by atoms with van der Waals surface area (Å²) in [5.41, 5.74) is 0. The Morgan fingerprint density at radius 3 is 2.33 bits per heavy atom. The van der Waals surface area contributed by atoms with Crippen LogP contribution in [0, 0.1) is 0 Å². The summed E-state index contributed by atoms with van der Waals surface area (Å²) in [5.74, 6) is -1.23. The first kappa shape index (κ1) is 13.4. The summed E-state index contributed by atoms with van der Waals surface area (Å²) in [6, 6.07) is 0. The largest absolute Gasteiger partial charge is 0.459 e. The van der Waals surface area contributed by atoms with Gasteiger partial charge in [0.15, 0.2) is 0 Å². The van der Waals surface area contributed by atoms with E-state index in [-0.39, 0.29) is 19.6 Å². The van der Waals surface area contributed by atoms with Crippen LogP contribution in [0.5, 0.6) is 0 Å². The number of aliphatic hydroxyl groups is 1. The van der Waals surface area contributed by atoms with Crippen LogP contribution < -0.4 is 0 Å². The van der Waals surface area contributed by atoms with E-state index in [4.69, 9.17) is 9.84 Å². The lowest BCUT2D eigenvalue weighted by Gasteiger charge is -2.15. The molecule has 0 saturated carbocycles. The van der Waals surface area contributed by atoms with E-state index in [1.54, 1.807) is 0 Å². The summed E-state index contributed by atoms with van der Waals surface area (Å²) >= 11 is 0. The Labute approximate surface area is 88.0 Å². The first-order valence-corrected chi connectivity index (χ1v) is 4.37. The molecule has 0 aliphatic rings. The molecule has 0 aliphatic heterocycles. The van der Waals surface area contributed by atoms with Crippen LogP contribution in [0.3, 0.4) is 0 Å². The topological polar surface area (TPSA) is 72.8 Å². The van der Waals surface area contributed by atoms with Crippen LogP contribution in [0.1, 0.15) is 6.42 Å². The molecule has 0 amide bonds. The molecule has 0 aromatic heterocycles. The molecule has 0 aromatic rings. The van der Waals surface area contributed by atoms with Gasteiger partial charge in [0, 0.05) is 25.2 Å². The molecule has 5 heteroatoms. The minimum Gasteiger partial charge on any atom is -0.459 e. The fourth-order valence-electron chi connectivity index (χ4n) is 0.767. The van der Waals surface area contributed by atoms with Crippen molar-refractivity contribution in [3.05, 3.63) is 25.3 Å². The van der Waals surface area contributed by atoms with Crippen molar-refractivity contribution in [1.82, 2.24) is 0 Å². The maximum atomic E-state index is 10.8. The average molecular weight is 214 g/mol. The summed E-state index contributed by atoms with van der Waals surface area (Å²) in [4.78, 5) is 21.5. The molecule has 0 saturated heterocycles. The summed E-state index contributed by atoms with van der Waals surface area (Å²) in [7, 11) is 0. The molecule has 0 aliphatic carbocycles. The third-order valence-corrected chi connectivity index (χ3v) is 1.48. The van der Waals surface area contributed by atoms with Crippen LogP contribution in [-0.2, 0) is 19.1 Å². The molecule has 5 nitrogen and oxygen atoms in total. The van der Waals surface area contributed by atoms with Gasteiger partial charge in [-0.05, 0) is 0 Å². The molecule has 0 heterocycles. The lowest BCUT2D eigenvalue weighted by molar-refractivity contribution is -0.153. The summed E-state index contributed by atoms with van der Waals surface area (Å²) in [6.07, 6.45) is 1.54. The normalized spacial score (nSPS) is 11.3. The summed E-state index contributed by atoms with van der Waals surface area (Å²) in [5, 5.41) is 8.67. The highest BCUT2D eigenvalue weighted by molar-refractivity contribution is 5.82. The minimum absolute atomic E-state index is 0.106. The lowest BCUT2D eigenvalue weighted by Crippen LogP contribution is -2.25. The Morgan fingerprint density at radius 1 is 1.27 bits per heavy atom. The van der Waals surface area contributed by atoms with Crippen LogP contribution >= 0.6 is 0 Å². The van der Waals surface area contributed by atoms with Gasteiger partial charge in [0.2, 0.25) is 0 Å². The molecule has 1 atom stereocenters. The van der Waals surface area contributed by atoms with Gasteiger partial charge in [0.25, 0.3) is 0 Å². The van der Waals surface area contributed by atoms with Gasteiger partial charge < -0.3 is 14.6 Å². The van der Waals surface area contributed by atoms with Crippen LogP contribution in [0.25, 0.3) is 0 Å². The van der Waals surface area contributed by atoms with E-state index in [9.17, 15) is 9.59 Å². The van der Waals surface area contributed by atoms with Gasteiger partial charge in [0.05, 0.1) is 0 Å². The standard InChI is InChI=1S/C10H14O5/c1-3-9(12)14-7-8(5-6-11)15-10(13)4-2/h3-4,8,11H,1-2,5-7H2. The molecule has 0 spiro atoms. The maximum absolute atomic E-state index is 10.8. The number of hydrogen-bond acceptors (Lipinski definition) is 5. The van der Waals surface area contributed by atoms with Crippen LogP contribution in [0.4, 0.5) is 0 Å². The maximum Gasteiger partial charge on any atom is 0.330 e. The van der Waals surface area contributed by atoms with Crippen molar-refractivity contribution in [3.8, 4) is 0 Å². The zero-order chi connectivity index (χ0) is 11.7. The van der Waals surface area contributed by atoms with Gasteiger partial charge in [-0.1, -0.05) is 13.2 Å². The highest BCUT2D eigenvalue weighted by Crippen LogP contribution is 2.00. The van der Waals surface area contributed by atoms with E-state index in [0.717, 1.165) is 12.2 Å². The van der Waals surface area contributed by atoms with Crippen molar-refractivity contribution in [2.45, 2.75) is 12.5 Å². The SMILES string of the molecule is C=CC(=O)OCC(CCO)OC(=O)C=C. The Balaban J connectivity index is 4.02. The molecule has 0 rings (SSSR count). The van der Waals surface area contributed by atoms with Crippen molar-refractivity contribution in [2.24, 2.45) is 0 Å².